The van der Waals surface area contributed by atoms with E-state index in [-0.39, 0.29) is 68.8 Å². The van der Waals surface area contributed by atoms with Crippen LogP contribution in [-0.2, 0) is 43.1 Å². The van der Waals surface area contributed by atoms with Gasteiger partial charge in [-0.15, -0.1) is 0 Å². The Morgan fingerprint density at radius 1 is 0.494 bits per heavy atom. The summed E-state index contributed by atoms with van der Waals surface area (Å²) in [6.45, 7) is 15.1. The second-order valence-electron chi connectivity index (χ2n) is 22.6. The van der Waals surface area contributed by atoms with Gasteiger partial charge in [-0.2, -0.15) is 0 Å². The van der Waals surface area contributed by atoms with E-state index in [9.17, 15) is 48.3 Å². The summed E-state index contributed by atoms with van der Waals surface area (Å²) in [5.74, 6) is -6.92. The third-order valence-corrected chi connectivity index (χ3v) is 14.3. The Morgan fingerprint density at radius 2 is 0.840 bits per heavy atom. The molecule has 2 aromatic carbocycles. The first-order chi connectivity index (χ1) is 38.5. The molecule has 22 nitrogen and oxygen atoms in total. The molecule has 22 heteroatoms. The molecule has 0 aromatic heterocycles. The smallest absolute Gasteiger partial charge is 0.407 e. The van der Waals surface area contributed by atoms with Crippen LogP contribution in [0, 0.1) is 23.7 Å². The van der Waals surface area contributed by atoms with Gasteiger partial charge in [0.2, 0.25) is 41.4 Å². The highest BCUT2D eigenvalue weighted by molar-refractivity contribution is 5.97. The van der Waals surface area contributed by atoms with E-state index in [1.807, 2.05) is 90.1 Å². The largest absolute Gasteiger partial charge is 0.480 e. The minimum Gasteiger partial charge on any atom is -0.480 e. The van der Waals surface area contributed by atoms with Gasteiger partial charge in [-0.1, -0.05) is 110 Å². The molecule has 0 bridgehead atoms. The van der Waals surface area contributed by atoms with Gasteiger partial charge in [-0.05, 0) is 143 Å². The number of carbonyl (C=O) groups excluding carboxylic acids is 8. The van der Waals surface area contributed by atoms with Crippen molar-refractivity contribution in [2.75, 3.05) is 32.8 Å². The Morgan fingerprint density at radius 3 is 1.20 bits per heavy atom. The maximum absolute atomic E-state index is 14.4. The molecule has 3 rings (SSSR count). The Labute approximate surface area is 478 Å². The van der Waals surface area contributed by atoms with E-state index in [4.69, 9.17) is 21.9 Å². The standard InChI is InChI=1S/C59H95N11O11/c1-9-38(8)51(58(78)79)70-54(74)46(26-16-19-29-62)67-56(76)48(31-36(4)5)68-53(73)45(25-15-18-28-61)65-52(72)44(24-14-17-27-60)66-57(77)49(32-37(6)7)69-55(75)47(30-35(2)3)64-50(71)33-63-59(80)81-34-43-41-22-12-10-20-39(41)40-21-11-13-23-42(40)43/h10-13,20-23,35-38,43-49,51H,9,14-19,24-34,60-62H2,1-8H3,(H,63,80)(H,64,71)(H,65,72)(H,66,77)(H,67,76)(H,68,73)(H,69,75)(H,70,74)(H,78,79)/t38-,44-,45-,46-,47-,48-,49-,51-/m0/s1. The number of nitrogens with one attached hydrogen (secondary N) is 8. The summed E-state index contributed by atoms with van der Waals surface area (Å²) >= 11 is 0. The number of nitrogens with two attached hydrogens (primary N) is 3. The van der Waals surface area contributed by atoms with Crippen molar-refractivity contribution < 1.29 is 53.0 Å². The van der Waals surface area contributed by atoms with Gasteiger partial charge in [0.05, 0.1) is 0 Å². The average molecular weight is 1130 g/mol. The number of benzene rings is 2. The lowest BCUT2D eigenvalue weighted by molar-refractivity contribution is -0.144. The molecule has 8 amide bonds. The van der Waals surface area contributed by atoms with E-state index in [1.165, 1.54) is 0 Å². The van der Waals surface area contributed by atoms with Crippen molar-refractivity contribution >= 4 is 53.4 Å². The Bertz CT molecular complexity index is 2320. The van der Waals surface area contributed by atoms with E-state index < -0.39 is 108 Å². The Balaban J connectivity index is 1.77. The SMILES string of the molecule is CC[C@H](C)[C@H](NC(=O)[C@H](CCCCN)NC(=O)[C@H](CC(C)C)NC(=O)[C@H](CCCCN)NC(=O)[C@H](CCCCN)NC(=O)[C@H](CC(C)C)NC(=O)[C@H](CC(C)C)NC(=O)CNC(=O)OCC1c2ccccc2-c2ccccc21)C(=O)O. The molecular formula is C59H95N11O11. The number of alkyl carbamates (subject to hydrolysis) is 1. The fourth-order valence-corrected chi connectivity index (χ4v) is 9.74. The van der Waals surface area contributed by atoms with Crippen LogP contribution in [0.2, 0.25) is 0 Å². The normalized spacial score (nSPS) is 14.9. The summed E-state index contributed by atoms with van der Waals surface area (Å²) in [6, 6.07) is 7.60. The summed E-state index contributed by atoms with van der Waals surface area (Å²) in [4.78, 5) is 123. The number of rotatable bonds is 38. The van der Waals surface area contributed by atoms with Crippen molar-refractivity contribution in [3.63, 3.8) is 0 Å². The highest BCUT2D eigenvalue weighted by atomic mass is 16.5. The Kier molecular flexibility index (Phi) is 30.5. The summed E-state index contributed by atoms with van der Waals surface area (Å²) < 4.78 is 5.59. The topological polar surface area (TPSA) is 357 Å². The van der Waals surface area contributed by atoms with E-state index >= 15 is 0 Å². The number of carboxylic acid groups (broad SMARTS) is 1. The van der Waals surface area contributed by atoms with Crippen LogP contribution in [0.15, 0.2) is 48.5 Å². The van der Waals surface area contributed by atoms with E-state index in [0.29, 0.717) is 64.6 Å². The van der Waals surface area contributed by atoms with Crippen molar-refractivity contribution in [2.24, 2.45) is 40.9 Å². The van der Waals surface area contributed by atoms with Gasteiger partial charge in [-0.3, -0.25) is 33.6 Å². The molecular weight excluding hydrogens is 1040 g/mol. The quantitative estimate of drug-likeness (QED) is 0.0428. The fraction of sp³-hybridized carbons (Fsp3) is 0.644. The van der Waals surface area contributed by atoms with Crippen LogP contribution >= 0.6 is 0 Å². The van der Waals surface area contributed by atoms with Crippen molar-refractivity contribution in [3.8, 4) is 11.1 Å². The Hall–Kier alpha value is -6.65. The molecule has 81 heavy (non-hydrogen) atoms. The molecule has 0 unspecified atom stereocenters. The molecule has 0 saturated carbocycles. The maximum Gasteiger partial charge on any atom is 0.407 e. The zero-order valence-corrected chi connectivity index (χ0v) is 49.0. The minimum atomic E-state index is -1.21. The molecule has 0 radical (unpaired) electrons. The molecule has 0 heterocycles. The number of fused-ring (bicyclic) bond motifs is 3. The molecule has 15 N–H and O–H groups in total. The molecule has 1 aliphatic rings. The fourth-order valence-electron chi connectivity index (χ4n) is 9.74. The van der Waals surface area contributed by atoms with Crippen LogP contribution < -0.4 is 59.7 Å². The van der Waals surface area contributed by atoms with Crippen molar-refractivity contribution in [2.45, 2.75) is 187 Å². The van der Waals surface area contributed by atoms with Gasteiger partial charge in [0, 0.05) is 5.92 Å². The van der Waals surface area contributed by atoms with Crippen LogP contribution in [0.25, 0.3) is 11.1 Å². The third-order valence-electron chi connectivity index (χ3n) is 14.3. The van der Waals surface area contributed by atoms with Gasteiger partial charge >= 0.3 is 12.1 Å². The van der Waals surface area contributed by atoms with Crippen LogP contribution in [0.4, 0.5) is 4.79 Å². The monoisotopic (exact) mass is 1130 g/mol. The second-order valence-corrected chi connectivity index (χ2v) is 22.6. The number of aliphatic carboxylic acids is 1. The highest BCUT2D eigenvalue weighted by Crippen LogP contribution is 2.44. The molecule has 0 spiro atoms. The zero-order valence-electron chi connectivity index (χ0n) is 49.0. The first-order valence-corrected chi connectivity index (χ1v) is 29.1. The van der Waals surface area contributed by atoms with Crippen LogP contribution in [-0.4, -0.2) is 134 Å². The van der Waals surface area contributed by atoms with E-state index in [1.54, 1.807) is 13.8 Å². The summed E-state index contributed by atoms with van der Waals surface area (Å²) in [5.41, 5.74) is 21.6. The molecule has 0 saturated heterocycles. The second kappa shape index (κ2) is 35.9. The molecule has 8 atom stereocenters. The first kappa shape index (κ1) is 68.6. The van der Waals surface area contributed by atoms with Gasteiger partial charge in [0.15, 0.2) is 0 Å². The molecule has 0 aliphatic heterocycles. The lowest BCUT2D eigenvalue weighted by Gasteiger charge is -2.29. The predicted octanol–water partition coefficient (Wildman–Crippen LogP) is 3.57. The molecule has 2 aromatic rings. The maximum atomic E-state index is 14.4. The minimum absolute atomic E-state index is 0.0405. The van der Waals surface area contributed by atoms with Gasteiger partial charge < -0.3 is 69.6 Å². The van der Waals surface area contributed by atoms with Gasteiger partial charge in [0.1, 0.15) is 55.4 Å². The number of unbranched alkanes of at least 4 members (excludes halogenated alkanes) is 3. The van der Waals surface area contributed by atoms with Crippen LogP contribution in [0.3, 0.4) is 0 Å². The lowest BCUT2D eigenvalue weighted by Crippen LogP contribution is -2.60. The van der Waals surface area contributed by atoms with Crippen molar-refractivity contribution in [1.82, 2.24) is 42.5 Å². The van der Waals surface area contributed by atoms with Gasteiger partial charge in [-0.25, -0.2) is 9.59 Å². The molecule has 1 aliphatic carbocycles. The molecule has 452 valence electrons. The van der Waals surface area contributed by atoms with Crippen molar-refractivity contribution in [3.05, 3.63) is 59.7 Å². The summed E-state index contributed by atoms with van der Waals surface area (Å²) in [7, 11) is 0. The van der Waals surface area contributed by atoms with Crippen LogP contribution in [0.1, 0.15) is 156 Å². The first-order valence-electron chi connectivity index (χ1n) is 29.1. The average Bonchev–Trinajstić information content (AvgIpc) is 4.03. The predicted molar refractivity (Wildman–Crippen MR) is 311 cm³/mol. The highest BCUT2D eigenvalue weighted by Gasteiger charge is 2.36. The van der Waals surface area contributed by atoms with E-state index in [0.717, 1.165) is 22.3 Å². The molecule has 0 fully saturated rings. The number of hydrogen-bond acceptors (Lipinski definition) is 13. The third kappa shape index (κ3) is 23.4. The summed E-state index contributed by atoms with van der Waals surface area (Å²) in [6.07, 6.45) is 3.34. The number of carboxylic acids is 1. The number of amides is 8. The van der Waals surface area contributed by atoms with Gasteiger partial charge in [0.25, 0.3) is 0 Å². The summed E-state index contributed by atoms with van der Waals surface area (Å²) in [5, 5.41) is 31.6. The number of hydrogen-bond donors (Lipinski definition) is 12. The zero-order chi connectivity index (χ0) is 60.2. The van der Waals surface area contributed by atoms with Crippen LogP contribution in [0.5, 0.6) is 0 Å². The lowest BCUT2D eigenvalue weighted by atomic mass is 9.98. The van der Waals surface area contributed by atoms with E-state index in [2.05, 4.69) is 42.5 Å². The van der Waals surface area contributed by atoms with Crippen molar-refractivity contribution in [1.29, 1.82) is 0 Å². The number of ether oxygens (including phenoxy) is 1. The number of carbonyl (C=O) groups is 9.